The molecule has 0 fully saturated rings. The Morgan fingerprint density at radius 3 is 2.67 bits per heavy atom. The van der Waals surface area contributed by atoms with Crippen LogP contribution >= 0.6 is 11.3 Å². The Balaban J connectivity index is 1.58. The average molecular weight is 422 g/mol. The van der Waals surface area contributed by atoms with Crippen molar-refractivity contribution in [2.45, 2.75) is 46.6 Å². The minimum atomic E-state index is -0.400. The quantitative estimate of drug-likeness (QED) is 0.576. The number of nitriles is 1. The van der Waals surface area contributed by atoms with Crippen LogP contribution < -0.4 is 5.56 Å². The van der Waals surface area contributed by atoms with Crippen LogP contribution in [0.4, 0.5) is 0 Å². The first-order chi connectivity index (χ1) is 14.4. The highest BCUT2D eigenvalue weighted by Crippen LogP contribution is 2.24. The molecule has 0 bridgehead atoms. The largest absolute Gasteiger partial charge is 0.459 e. The lowest BCUT2D eigenvalue weighted by Gasteiger charge is -2.10. The van der Waals surface area contributed by atoms with Gasteiger partial charge in [-0.25, -0.2) is 4.98 Å². The molecule has 2 heterocycles. The van der Waals surface area contributed by atoms with E-state index in [0.29, 0.717) is 23.4 Å². The first kappa shape index (κ1) is 21.5. The lowest BCUT2D eigenvalue weighted by molar-refractivity contribution is -0.145. The summed E-state index contributed by atoms with van der Waals surface area (Å²) in [4.78, 5) is 31.2. The van der Waals surface area contributed by atoms with Crippen LogP contribution in [0.2, 0.25) is 0 Å². The number of esters is 1. The van der Waals surface area contributed by atoms with Crippen LogP contribution in [0.3, 0.4) is 0 Å². The number of nitrogens with one attached hydrogen (secondary N) is 1. The van der Waals surface area contributed by atoms with Crippen LogP contribution in [0.25, 0.3) is 10.6 Å². The fourth-order valence-electron chi connectivity index (χ4n) is 3.26. The number of nitrogens with zero attached hydrogens (tertiary/aromatic N) is 2. The van der Waals surface area contributed by atoms with Gasteiger partial charge in [0.15, 0.2) is 0 Å². The SMILES string of the molecule is CCc1ccc(-c2nc(COC(=O)CCc3c(C)[nH]c(=O)c(C#N)c3C)cs2)cc1. The molecular formula is C23H23N3O3S. The minimum Gasteiger partial charge on any atom is -0.459 e. The van der Waals surface area contributed by atoms with E-state index in [1.807, 2.05) is 11.4 Å². The number of thiazole rings is 1. The highest BCUT2D eigenvalue weighted by molar-refractivity contribution is 7.13. The normalized spacial score (nSPS) is 10.6. The number of hydrogen-bond donors (Lipinski definition) is 1. The second kappa shape index (κ2) is 9.51. The Hall–Kier alpha value is -3.24. The van der Waals surface area contributed by atoms with E-state index >= 15 is 0 Å². The monoisotopic (exact) mass is 421 g/mol. The van der Waals surface area contributed by atoms with Gasteiger partial charge in [-0.2, -0.15) is 5.26 Å². The summed E-state index contributed by atoms with van der Waals surface area (Å²) in [6.45, 7) is 5.73. The van der Waals surface area contributed by atoms with Crippen molar-refractivity contribution in [1.29, 1.82) is 5.26 Å². The van der Waals surface area contributed by atoms with Gasteiger partial charge in [-0.05, 0) is 43.4 Å². The number of aryl methyl sites for hydroxylation is 2. The van der Waals surface area contributed by atoms with Gasteiger partial charge in [-0.1, -0.05) is 31.2 Å². The van der Waals surface area contributed by atoms with Crippen molar-refractivity contribution in [3.63, 3.8) is 0 Å². The summed E-state index contributed by atoms with van der Waals surface area (Å²) in [5.41, 5.74) is 4.81. The van der Waals surface area contributed by atoms with Gasteiger partial charge in [-0.15, -0.1) is 11.3 Å². The Morgan fingerprint density at radius 2 is 2.00 bits per heavy atom. The molecule has 0 aliphatic carbocycles. The van der Waals surface area contributed by atoms with Gasteiger partial charge in [0, 0.05) is 23.1 Å². The number of carbonyl (C=O) groups is 1. The number of benzene rings is 1. The molecule has 1 aromatic carbocycles. The standard InChI is InChI=1S/C23H23N3O3S/c1-4-16-5-7-17(8-6-16)23-26-18(13-30-23)12-29-21(27)10-9-19-14(2)20(11-24)22(28)25-15(19)3/h5-8,13H,4,9-10,12H2,1-3H3,(H,25,28). The van der Waals surface area contributed by atoms with Crippen LogP contribution in [0.15, 0.2) is 34.4 Å². The van der Waals surface area contributed by atoms with E-state index in [9.17, 15) is 9.59 Å². The smallest absolute Gasteiger partial charge is 0.306 e. The lowest BCUT2D eigenvalue weighted by atomic mass is 9.99. The Bertz CT molecular complexity index is 1150. The summed E-state index contributed by atoms with van der Waals surface area (Å²) in [5, 5.41) is 11.9. The lowest BCUT2D eigenvalue weighted by Crippen LogP contribution is -2.17. The van der Waals surface area contributed by atoms with Crippen LogP contribution in [0, 0.1) is 25.2 Å². The van der Waals surface area contributed by atoms with E-state index in [4.69, 9.17) is 10.00 Å². The first-order valence-electron chi connectivity index (χ1n) is 9.74. The molecule has 0 aliphatic rings. The predicted molar refractivity (Wildman–Crippen MR) is 116 cm³/mol. The Kier molecular flexibility index (Phi) is 6.80. The number of rotatable bonds is 7. The number of ether oxygens (including phenoxy) is 1. The summed E-state index contributed by atoms with van der Waals surface area (Å²) in [6.07, 6.45) is 1.55. The zero-order chi connectivity index (χ0) is 21.7. The van der Waals surface area contributed by atoms with E-state index in [0.717, 1.165) is 22.6 Å². The average Bonchev–Trinajstić information content (AvgIpc) is 3.21. The molecule has 154 valence electrons. The molecule has 6 nitrogen and oxygen atoms in total. The second-order valence-electron chi connectivity index (χ2n) is 7.02. The summed E-state index contributed by atoms with van der Waals surface area (Å²) < 4.78 is 5.36. The molecule has 30 heavy (non-hydrogen) atoms. The molecule has 0 unspecified atom stereocenters. The van der Waals surface area contributed by atoms with Gasteiger partial charge >= 0.3 is 5.97 Å². The molecule has 0 saturated carbocycles. The van der Waals surface area contributed by atoms with Gasteiger partial charge in [-0.3, -0.25) is 9.59 Å². The number of aromatic amines is 1. The van der Waals surface area contributed by atoms with Gasteiger partial charge in [0.25, 0.3) is 5.56 Å². The van der Waals surface area contributed by atoms with Gasteiger partial charge in [0.05, 0.1) is 5.69 Å². The molecule has 3 rings (SSSR count). The summed E-state index contributed by atoms with van der Waals surface area (Å²) in [5.74, 6) is -0.347. The highest BCUT2D eigenvalue weighted by Gasteiger charge is 2.14. The van der Waals surface area contributed by atoms with Crippen molar-refractivity contribution in [3.8, 4) is 16.6 Å². The Morgan fingerprint density at radius 1 is 1.27 bits per heavy atom. The first-order valence-corrected chi connectivity index (χ1v) is 10.6. The van der Waals surface area contributed by atoms with E-state index in [1.165, 1.54) is 16.9 Å². The maximum Gasteiger partial charge on any atom is 0.306 e. The van der Waals surface area contributed by atoms with Crippen molar-refractivity contribution in [1.82, 2.24) is 9.97 Å². The van der Waals surface area contributed by atoms with Crippen LogP contribution in [0.1, 0.15) is 47.0 Å². The third-order valence-electron chi connectivity index (χ3n) is 5.04. The van der Waals surface area contributed by atoms with Gasteiger partial charge < -0.3 is 9.72 Å². The molecule has 3 aromatic rings. The predicted octanol–water partition coefficient (Wildman–Crippen LogP) is 4.23. The fraction of sp³-hybridized carbons (Fsp3) is 0.304. The van der Waals surface area contributed by atoms with Crippen molar-refractivity contribution in [3.05, 3.63) is 73.6 Å². The summed E-state index contributed by atoms with van der Waals surface area (Å²) >= 11 is 1.52. The maximum absolute atomic E-state index is 12.2. The maximum atomic E-state index is 12.2. The van der Waals surface area contributed by atoms with Gasteiger partial charge in [0.1, 0.15) is 23.2 Å². The van der Waals surface area contributed by atoms with Crippen molar-refractivity contribution < 1.29 is 9.53 Å². The number of pyridine rings is 1. The van der Waals surface area contributed by atoms with Crippen LogP contribution in [-0.2, 0) is 29.0 Å². The topological polar surface area (TPSA) is 95.8 Å². The number of hydrogen-bond acceptors (Lipinski definition) is 6. The minimum absolute atomic E-state index is 0.0888. The summed E-state index contributed by atoms with van der Waals surface area (Å²) in [6, 6.07) is 10.2. The number of carbonyl (C=O) groups excluding carboxylic acids is 1. The van der Waals surface area contributed by atoms with E-state index < -0.39 is 5.56 Å². The molecule has 0 radical (unpaired) electrons. The van der Waals surface area contributed by atoms with Crippen LogP contribution in [-0.4, -0.2) is 15.9 Å². The molecule has 1 N–H and O–H groups in total. The van der Waals surface area contributed by atoms with Crippen molar-refractivity contribution in [2.24, 2.45) is 0 Å². The third kappa shape index (κ3) is 4.84. The molecule has 7 heteroatoms. The Labute approximate surface area is 179 Å². The molecule has 0 spiro atoms. The highest BCUT2D eigenvalue weighted by atomic mass is 32.1. The van der Waals surface area contributed by atoms with Crippen molar-refractivity contribution in [2.75, 3.05) is 0 Å². The van der Waals surface area contributed by atoms with E-state index in [2.05, 4.69) is 41.2 Å². The van der Waals surface area contributed by atoms with Gasteiger partial charge in [0.2, 0.25) is 0 Å². The molecule has 0 atom stereocenters. The zero-order valence-corrected chi connectivity index (χ0v) is 18.1. The summed E-state index contributed by atoms with van der Waals surface area (Å²) in [7, 11) is 0. The molecule has 0 saturated heterocycles. The number of H-pyrrole nitrogens is 1. The van der Waals surface area contributed by atoms with Crippen molar-refractivity contribution >= 4 is 17.3 Å². The zero-order valence-electron chi connectivity index (χ0n) is 17.2. The van der Waals surface area contributed by atoms with E-state index in [1.54, 1.807) is 13.8 Å². The van der Waals surface area contributed by atoms with E-state index in [-0.39, 0.29) is 24.6 Å². The number of aromatic nitrogens is 2. The molecule has 0 aliphatic heterocycles. The third-order valence-corrected chi connectivity index (χ3v) is 5.98. The fourth-order valence-corrected chi connectivity index (χ4v) is 4.07. The molecular weight excluding hydrogens is 398 g/mol. The molecule has 2 aromatic heterocycles. The second-order valence-corrected chi connectivity index (χ2v) is 7.88. The van der Waals surface area contributed by atoms with Crippen LogP contribution in [0.5, 0.6) is 0 Å². The molecule has 0 amide bonds.